The van der Waals surface area contributed by atoms with E-state index in [1.807, 2.05) is 27.7 Å². The van der Waals surface area contributed by atoms with E-state index in [1.165, 1.54) is 0 Å². The Kier molecular flexibility index (Phi) is 7.15. The van der Waals surface area contributed by atoms with Crippen molar-refractivity contribution < 1.29 is 14.3 Å². The summed E-state index contributed by atoms with van der Waals surface area (Å²) in [6.45, 7) is 9.59. The molecule has 122 valence electrons. The molecule has 1 fully saturated rings. The van der Waals surface area contributed by atoms with Crippen molar-refractivity contribution in [1.82, 2.24) is 10.6 Å². The molecule has 2 N–H and O–H groups in total. The number of hydrogen-bond donors (Lipinski definition) is 2. The third-order valence-corrected chi connectivity index (χ3v) is 4.56. The first-order valence-electron chi connectivity index (χ1n) is 8.11. The highest BCUT2D eigenvalue weighted by Crippen LogP contribution is 2.21. The molecular formula is C16H30N2O3. The molecule has 1 rings (SSSR count). The number of hydrogen-bond acceptors (Lipinski definition) is 3. The molecule has 0 bridgehead atoms. The first-order chi connectivity index (χ1) is 9.94. The smallest absolute Gasteiger partial charge is 0.223 e. The van der Waals surface area contributed by atoms with E-state index in [0.717, 1.165) is 25.7 Å². The van der Waals surface area contributed by atoms with Gasteiger partial charge in [-0.15, -0.1) is 0 Å². The summed E-state index contributed by atoms with van der Waals surface area (Å²) in [4.78, 5) is 24.2. The van der Waals surface area contributed by atoms with Crippen molar-refractivity contribution in [3.8, 4) is 0 Å². The lowest BCUT2D eigenvalue weighted by Crippen LogP contribution is -2.59. The number of amides is 2. The van der Waals surface area contributed by atoms with Crippen molar-refractivity contribution in [1.29, 1.82) is 0 Å². The minimum Gasteiger partial charge on any atom is -0.381 e. The maximum atomic E-state index is 12.2. The van der Waals surface area contributed by atoms with Gasteiger partial charge >= 0.3 is 0 Å². The molecule has 0 aromatic carbocycles. The lowest BCUT2D eigenvalue weighted by atomic mass is 9.88. The van der Waals surface area contributed by atoms with E-state index in [2.05, 4.69) is 10.6 Å². The minimum atomic E-state index is -0.359. The Morgan fingerprint density at radius 1 is 1.05 bits per heavy atom. The molecule has 0 saturated carbocycles. The summed E-state index contributed by atoms with van der Waals surface area (Å²) in [6, 6.07) is 0. The van der Waals surface area contributed by atoms with Gasteiger partial charge in [0.25, 0.3) is 0 Å². The molecule has 1 heterocycles. The van der Waals surface area contributed by atoms with Gasteiger partial charge in [0.2, 0.25) is 11.8 Å². The second kappa shape index (κ2) is 8.37. The van der Waals surface area contributed by atoms with Gasteiger partial charge in [-0.2, -0.15) is 0 Å². The van der Waals surface area contributed by atoms with Crippen LogP contribution in [0, 0.1) is 11.8 Å². The molecule has 5 nitrogen and oxygen atoms in total. The molecule has 0 radical (unpaired) electrons. The first-order valence-corrected chi connectivity index (χ1v) is 8.11. The Morgan fingerprint density at radius 3 is 2.10 bits per heavy atom. The number of carbonyl (C=O) groups excluding carboxylic acids is 2. The van der Waals surface area contributed by atoms with E-state index in [-0.39, 0.29) is 29.2 Å². The van der Waals surface area contributed by atoms with Gasteiger partial charge in [-0.05, 0) is 25.7 Å². The van der Waals surface area contributed by atoms with Gasteiger partial charge in [0, 0.05) is 31.6 Å². The van der Waals surface area contributed by atoms with Gasteiger partial charge in [0.05, 0.1) is 5.54 Å². The zero-order chi connectivity index (χ0) is 15.9. The fourth-order valence-electron chi connectivity index (χ4n) is 2.29. The van der Waals surface area contributed by atoms with E-state index in [1.54, 1.807) is 0 Å². The standard InChI is InChI=1S/C16H30N2O3/c1-5-12(3)14(19)17-11-16(7-9-21-10-8-16)18-15(20)13(4)6-2/h12-13H,5-11H2,1-4H3,(H,17,19)(H,18,20)/t12-,13+/m0/s1. The van der Waals surface area contributed by atoms with Crippen molar-refractivity contribution in [3.63, 3.8) is 0 Å². The van der Waals surface area contributed by atoms with Gasteiger partial charge in [-0.1, -0.05) is 27.7 Å². The molecule has 21 heavy (non-hydrogen) atoms. The van der Waals surface area contributed by atoms with Crippen LogP contribution in [0.1, 0.15) is 53.4 Å². The number of nitrogens with one attached hydrogen (secondary N) is 2. The second-order valence-corrected chi connectivity index (χ2v) is 6.22. The van der Waals surface area contributed by atoms with Gasteiger partial charge < -0.3 is 15.4 Å². The van der Waals surface area contributed by atoms with Crippen molar-refractivity contribution in [3.05, 3.63) is 0 Å². The highest BCUT2D eigenvalue weighted by atomic mass is 16.5. The molecule has 0 spiro atoms. The molecule has 0 aromatic heterocycles. The second-order valence-electron chi connectivity index (χ2n) is 6.22. The topological polar surface area (TPSA) is 67.4 Å². The van der Waals surface area contributed by atoms with E-state index < -0.39 is 0 Å². The Morgan fingerprint density at radius 2 is 1.57 bits per heavy atom. The molecule has 5 heteroatoms. The Hall–Kier alpha value is -1.10. The van der Waals surface area contributed by atoms with Crippen LogP contribution in [0.4, 0.5) is 0 Å². The molecule has 2 amide bonds. The van der Waals surface area contributed by atoms with E-state index in [0.29, 0.717) is 19.8 Å². The maximum Gasteiger partial charge on any atom is 0.223 e. The van der Waals surface area contributed by atoms with E-state index in [4.69, 9.17) is 4.74 Å². The summed E-state index contributed by atoms with van der Waals surface area (Å²) in [5, 5.41) is 6.16. The number of ether oxygens (including phenoxy) is 1. The molecule has 0 unspecified atom stereocenters. The molecule has 2 atom stereocenters. The average molecular weight is 298 g/mol. The van der Waals surface area contributed by atoms with Crippen molar-refractivity contribution in [2.75, 3.05) is 19.8 Å². The maximum absolute atomic E-state index is 12.2. The summed E-state index contributed by atoms with van der Waals surface area (Å²) >= 11 is 0. The summed E-state index contributed by atoms with van der Waals surface area (Å²) in [5.74, 6) is 0.125. The number of rotatable bonds is 7. The quantitative estimate of drug-likeness (QED) is 0.754. The third-order valence-electron chi connectivity index (χ3n) is 4.56. The zero-order valence-electron chi connectivity index (χ0n) is 13.8. The minimum absolute atomic E-state index is 0.00464. The van der Waals surface area contributed by atoms with Crippen molar-refractivity contribution in [2.24, 2.45) is 11.8 Å². The summed E-state index contributed by atoms with van der Waals surface area (Å²) in [6.07, 6.45) is 3.13. The Labute approximate surface area is 128 Å². The Bertz CT molecular complexity index is 351. The van der Waals surface area contributed by atoms with Crippen LogP contribution in [0.25, 0.3) is 0 Å². The largest absolute Gasteiger partial charge is 0.381 e. The fraction of sp³-hybridized carbons (Fsp3) is 0.875. The highest BCUT2D eigenvalue weighted by molar-refractivity contribution is 5.80. The summed E-state index contributed by atoms with van der Waals surface area (Å²) < 4.78 is 5.40. The predicted octanol–water partition coefficient (Wildman–Crippen LogP) is 1.86. The molecule has 0 aromatic rings. The lowest BCUT2D eigenvalue weighted by Gasteiger charge is -2.39. The molecule has 1 aliphatic rings. The monoisotopic (exact) mass is 298 g/mol. The number of carbonyl (C=O) groups is 2. The molecular weight excluding hydrogens is 268 g/mol. The van der Waals surface area contributed by atoms with Crippen molar-refractivity contribution in [2.45, 2.75) is 58.9 Å². The van der Waals surface area contributed by atoms with Crippen LogP contribution in [-0.2, 0) is 14.3 Å². The lowest BCUT2D eigenvalue weighted by molar-refractivity contribution is -0.130. The zero-order valence-corrected chi connectivity index (χ0v) is 13.8. The molecule has 0 aliphatic carbocycles. The fourth-order valence-corrected chi connectivity index (χ4v) is 2.29. The van der Waals surface area contributed by atoms with Crippen LogP contribution >= 0.6 is 0 Å². The normalized spacial score (nSPS) is 20.4. The van der Waals surface area contributed by atoms with Crippen LogP contribution in [0.15, 0.2) is 0 Å². The predicted molar refractivity (Wildman–Crippen MR) is 82.8 cm³/mol. The van der Waals surface area contributed by atoms with Crippen molar-refractivity contribution >= 4 is 11.8 Å². The molecule has 1 saturated heterocycles. The highest BCUT2D eigenvalue weighted by Gasteiger charge is 2.35. The van der Waals surface area contributed by atoms with Crippen LogP contribution in [0.2, 0.25) is 0 Å². The molecule has 1 aliphatic heterocycles. The van der Waals surface area contributed by atoms with Crippen LogP contribution in [0.5, 0.6) is 0 Å². The summed E-state index contributed by atoms with van der Waals surface area (Å²) in [7, 11) is 0. The van der Waals surface area contributed by atoms with Gasteiger partial charge in [0.15, 0.2) is 0 Å². The average Bonchev–Trinajstić information content (AvgIpc) is 2.51. The van der Waals surface area contributed by atoms with Gasteiger partial charge in [0.1, 0.15) is 0 Å². The van der Waals surface area contributed by atoms with Gasteiger partial charge in [-0.3, -0.25) is 9.59 Å². The van der Waals surface area contributed by atoms with E-state index >= 15 is 0 Å². The summed E-state index contributed by atoms with van der Waals surface area (Å²) in [5.41, 5.74) is -0.359. The Balaban J connectivity index is 2.66. The first kappa shape index (κ1) is 18.0. The third kappa shape index (κ3) is 5.30. The van der Waals surface area contributed by atoms with Crippen LogP contribution < -0.4 is 10.6 Å². The van der Waals surface area contributed by atoms with Crippen LogP contribution in [-0.4, -0.2) is 37.1 Å². The van der Waals surface area contributed by atoms with Crippen LogP contribution in [0.3, 0.4) is 0 Å². The SMILES string of the molecule is CC[C@@H](C)C(=O)NC1(CNC(=O)[C@@H](C)CC)CCOCC1. The van der Waals surface area contributed by atoms with Gasteiger partial charge in [-0.25, -0.2) is 0 Å². The van der Waals surface area contributed by atoms with E-state index in [9.17, 15) is 9.59 Å².